The van der Waals surface area contributed by atoms with Crippen LogP contribution in [0.4, 0.5) is 5.69 Å². The highest BCUT2D eigenvalue weighted by molar-refractivity contribution is 8.00. The Morgan fingerprint density at radius 1 is 1.32 bits per heavy atom. The van der Waals surface area contributed by atoms with Crippen molar-refractivity contribution in [1.29, 1.82) is 0 Å². The van der Waals surface area contributed by atoms with Crippen LogP contribution in [0.3, 0.4) is 0 Å². The predicted molar refractivity (Wildman–Crippen MR) is 79.1 cm³/mol. The fourth-order valence-corrected chi connectivity index (χ4v) is 2.22. The lowest BCUT2D eigenvalue weighted by Gasteiger charge is -2.10. The van der Waals surface area contributed by atoms with Crippen molar-refractivity contribution >= 4 is 29.3 Å². The molecule has 0 aliphatic carbocycles. The zero-order valence-corrected chi connectivity index (χ0v) is 12.1. The van der Waals surface area contributed by atoms with Crippen molar-refractivity contribution in [3.63, 3.8) is 0 Å². The van der Waals surface area contributed by atoms with Gasteiger partial charge in [0.25, 0.3) is 0 Å². The number of benzene rings is 1. The van der Waals surface area contributed by atoms with Crippen LogP contribution in [0.1, 0.15) is 26.7 Å². The van der Waals surface area contributed by atoms with Crippen LogP contribution < -0.4 is 11.1 Å². The quantitative estimate of drug-likeness (QED) is 0.754. The average Bonchev–Trinajstić information content (AvgIpc) is 2.35. The van der Waals surface area contributed by atoms with Gasteiger partial charge in [-0.05, 0) is 24.5 Å². The van der Waals surface area contributed by atoms with E-state index in [1.54, 1.807) is 0 Å². The molecule has 0 fully saturated rings. The highest BCUT2D eigenvalue weighted by Gasteiger charge is 2.08. The Labute approximate surface area is 118 Å². The minimum absolute atomic E-state index is 0.000764. The predicted octanol–water partition coefficient (Wildman–Crippen LogP) is 2.64. The summed E-state index contributed by atoms with van der Waals surface area (Å²) in [6.07, 6.45) is 1.37. The Morgan fingerprint density at radius 2 is 2.00 bits per heavy atom. The fourth-order valence-electron chi connectivity index (χ4n) is 1.48. The Balaban J connectivity index is 2.61. The van der Waals surface area contributed by atoms with Gasteiger partial charge in [0.15, 0.2) is 0 Å². The van der Waals surface area contributed by atoms with Crippen LogP contribution in [-0.4, -0.2) is 17.6 Å². The van der Waals surface area contributed by atoms with Gasteiger partial charge in [0.05, 0.1) is 11.4 Å². The first-order valence-electron chi connectivity index (χ1n) is 6.29. The van der Waals surface area contributed by atoms with E-state index in [0.29, 0.717) is 12.3 Å². The molecule has 1 rings (SSSR count). The molecule has 0 radical (unpaired) electrons. The maximum absolute atomic E-state index is 11.8. The molecular weight excluding hydrogens is 260 g/mol. The highest BCUT2D eigenvalue weighted by Crippen LogP contribution is 2.26. The number of hydrogen-bond donors (Lipinski definition) is 2. The van der Waals surface area contributed by atoms with Gasteiger partial charge in [-0.15, -0.1) is 11.8 Å². The van der Waals surface area contributed by atoms with Gasteiger partial charge in [-0.2, -0.15) is 0 Å². The first-order chi connectivity index (χ1) is 8.99. The van der Waals surface area contributed by atoms with E-state index in [1.165, 1.54) is 11.8 Å². The third kappa shape index (κ3) is 6.29. The second kappa shape index (κ2) is 7.84. The lowest BCUT2D eigenvalue weighted by molar-refractivity contribution is -0.116. The molecular formula is C14H20N2O2S. The SMILES string of the molecule is CC(C)CCC(=O)Nc1ccccc1SCC(N)=O. The smallest absolute Gasteiger partial charge is 0.227 e. The van der Waals surface area contributed by atoms with Crippen LogP contribution in [0.2, 0.25) is 0 Å². The molecule has 0 saturated carbocycles. The van der Waals surface area contributed by atoms with Gasteiger partial charge in [0, 0.05) is 11.3 Å². The van der Waals surface area contributed by atoms with Gasteiger partial charge in [0.1, 0.15) is 0 Å². The molecule has 4 nitrogen and oxygen atoms in total. The summed E-state index contributed by atoms with van der Waals surface area (Å²) in [5.74, 6) is 0.343. The molecule has 0 heterocycles. The molecule has 2 amide bonds. The minimum atomic E-state index is -0.370. The number of nitrogens with two attached hydrogens (primary N) is 1. The van der Waals surface area contributed by atoms with Crippen molar-refractivity contribution in [3.05, 3.63) is 24.3 Å². The zero-order valence-electron chi connectivity index (χ0n) is 11.3. The third-order valence-electron chi connectivity index (χ3n) is 2.48. The van der Waals surface area contributed by atoms with Crippen molar-refractivity contribution < 1.29 is 9.59 Å². The Bertz CT molecular complexity index is 447. The van der Waals surface area contributed by atoms with Crippen molar-refractivity contribution in [2.24, 2.45) is 11.7 Å². The number of para-hydroxylation sites is 1. The molecule has 5 heteroatoms. The summed E-state index contributed by atoms with van der Waals surface area (Å²) in [7, 11) is 0. The minimum Gasteiger partial charge on any atom is -0.369 e. The first-order valence-corrected chi connectivity index (χ1v) is 7.27. The molecule has 3 N–H and O–H groups in total. The van der Waals surface area contributed by atoms with Gasteiger partial charge in [0.2, 0.25) is 11.8 Å². The lowest BCUT2D eigenvalue weighted by atomic mass is 10.1. The van der Waals surface area contributed by atoms with Crippen molar-refractivity contribution in [3.8, 4) is 0 Å². The summed E-state index contributed by atoms with van der Waals surface area (Å²) in [4.78, 5) is 23.5. The molecule has 0 spiro atoms. The van der Waals surface area contributed by atoms with Crippen LogP contribution in [0, 0.1) is 5.92 Å². The number of carbonyl (C=O) groups is 2. The standard InChI is InChI=1S/C14H20N2O2S/c1-10(2)7-8-14(18)16-11-5-3-4-6-12(11)19-9-13(15)17/h3-6,10H,7-9H2,1-2H3,(H2,15,17)(H,16,18). The summed E-state index contributed by atoms with van der Waals surface area (Å²) < 4.78 is 0. The van der Waals surface area contributed by atoms with E-state index in [4.69, 9.17) is 5.73 Å². The Morgan fingerprint density at radius 3 is 2.63 bits per heavy atom. The van der Waals surface area contributed by atoms with Crippen molar-refractivity contribution in [2.45, 2.75) is 31.6 Å². The van der Waals surface area contributed by atoms with E-state index in [9.17, 15) is 9.59 Å². The Kier molecular flexibility index (Phi) is 6.42. The Hall–Kier alpha value is -1.49. The number of rotatable bonds is 7. The number of primary amides is 1. The second-order valence-corrected chi connectivity index (χ2v) is 5.75. The molecule has 1 aromatic carbocycles. The second-order valence-electron chi connectivity index (χ2n) is 4.73. The van der Waals surface area contributed by atoms with Gasteiger partial charge < -0.3 is 11.1 Å². The summed E-state index contributed by atoms with van der Waals surface area (Å²) in [6.45, 7) is 4.17. The number of amides is 2. The van der Waals surface area contributed by atoms with E-state index < -0.39 is 0 Å². The van der Waals surface area contributed by atoms with E-state index in [0.717, 1.165) is 17.0 Å². The normalized spacial score (nSPS) is 10.5. The summed E-state index contributed by atoms with van der Waals surface area (Å²) in [5.41, 5.74) is 5.86. The zero-order chi connectivity index (χ0) is 14.3. The number of thioether (sulfide) groups is 1. The molecule has 0 aliphatic rings. The summed E-state index contributed by atoms with van der Waals surface area (Å²) in [5, 5.41) is 2.88. The van der Waals surface area contributed by atoms with Gasteiger partial charge in [-0.1, -0.05) is 26.0 Å². The van der Waals surface area contributed by atoms with Crippen LogP contribution >= 0.6 is 11.8 Å². The maximum Gasteiger partial charge on any atom is 0.227 e. The number of nitrogens with one attached hydrogen (secondary N) is 1. The number of carbonyl (C=O) groups excluding carboxylic acids is 2. The molecule has 0 saturated heterocycles. The van der Waals surface area contributed by atoms with Crippen LogP contribution in [0.5, 0.6) is 0 Å². The molecule has 0 bridgehead atoms. The molecule has 0 aromatic heterocycles. The van der Waals surface area contributed by atoms with Gasteiger partial charge in [-0.25, -0.2) is 0 Å². The highest BCUT2D eigenvalue weighted by atomic mass is 32.2. The van der Waals surface area contributed by atoms with E-state index in [-0.39, 0.29) is 17.6 Å². The van der Waals surface area contributed by atoms with E-state index >= 15 is 0 Å². The van der Waals surface area contributed by atoms with Crippen molar-refractivity contribution in [2.75, 3.05) is 11.1 Å². The van der Waals surface area contributed by atoms with Crippen LogP contribution in [0.25, 0.3) is 0 Å². The number of anilines is 1. The molecule has 19 heavy (non-hydrogen) atoms. The topological polar surface area (TPSA) is 72.2 Å². The van der Waals surface area contributed by atoms with Crippen LogP contribution in [-0.2, 0) is 9.59 Å². The van der Waals surface area contributed by atoms with Crippen LogP contribution in [0.15, 0.2) is 29.2 Å². The average molecular weight is 280 g/mol. The number of hydrogen-bond acceptors (Lipinski definition) is 3. The van der Waals surface area contributed by atoms with E-state index in [2.05, 4.69) is 19.2 Å². The fraction of sp³-hybridized carbons (Fsp3) is 0.429. The van der Waals surface area contributed by atoms with Gasteiger partial charge >= 0.3 is 0 Å². The summed E-state index contributed by atoms with van der Waals surface area (Å²) in [6, 6.07) is 7.42. The van der Waals surface area contributed by atoms with E-state index in [1.807, 2.05) is 24.3 Å². The monoisotopic (exact) mass is 280 g/mol. The molecule has 0 atom stereocenters. The molecule has 104 valence electrons. The van der Waals surface area contributed by atoms with Gasteiger partial charge in [-0.3, -0.25) is 9.59 Å². The summed E-state index contributed by atoms with van der Waals surface area (Å²) >= 11 is 1.33. The maximum atomic E-state index is 11.8. The molecule has 0 aliphatic heterocycles. The van der Waals surface area contributed by atoms with Crippen molar-refractivity contribution in [1.82, 2.24) is 0 Å². The third-order valence-corrected chi connectivity index (χ3v) is 3.58. The largest absolute Gasteiger partial charge is 0.369 e. The lowest BCUT2D eigenvalue weighted by Crippen LogP contribution is -2.14. The first kappa shape index (κ1) is 15.6. The molecule has 1 aromatic rings. The molecule has 0 unspecified atom stereocenters.